The third-order valence-corrected chi connectivity index (χ3v) is 3.71. The number of carbonyl (C=O) groups is 1. The quantitative estimate of drug-likeness (QED) is 0.377. The van der Waals surface area contributed by atoms with Gasteiger partial charge >= 0.3 is 5.97 Å². The predicted molar refractivity (Wildman–Crippen MR) is 106 cm³/mol. The van der Waals surface area contributed by atoms with Crippen LogP contribution in [0.4, 0.5) is 5.69 Å². The Balaban J connectivity index is 2.16. The highest BCUT2D eigenvalue weighted by atomic mass is 32.1. The molecule has 0 heterocycles. The Morgan fingerprint density at radius 2 is 1.78 bits per heavy atom. The fraction of sp³-hybridized carbons (Fsp3) is 0.167. The fourth-order valence-corrected chi connectivity index (χ4v) is 2.49. The van der Waals surface area contributed by atoms with E-state index >= 15 is 0 Å². The summed E-state index contributed by atoms with van der Waals surface area (Å²) in [7, 11) is 4.36. The SMILES string of the molecule is COc1ccccc1NC(=S)N/N=C\c1ccc(OC)c(OC)c1C(=O)O. The van der Waals surface area contributed by atoms with Crippen molar-refractivity contribution in [2.75, 3.05) is 26.6 Å². The lowest BCUT2D eigenvalue weighted by atomic mass is 10.1. The molecule has 0 spiro atoms. The van der Waals surface area contributed by atoms with Crippen molar-refractivity contribution in [1.82, 2.24) is 5.43 Å². The lowest BCUT2D eigenvalue weighted by Crippen LogP contribution is -2.24. The number of benzene rings is 2. The van der Waals surface area contributed by atoms with Crippen LogP contribution in [0.25, 0.3) is 0 Å². The van der Waals surface area contributed by atoms with Gasteiger partial charge in [0.25, 0.3) is 0 Å². The highest BCUT2D eigenvalue weighted by Gasteiger charge is 2.20. The first-order chi connectivity index (χ1) is 13.0. The number of para-hydroxylation sites is 2. The van der Waals surface area contributed by atoms with Gasteiger partial charge in [-0.25, -0.2) is 4.79 Å². The summed E-state index contributed by atoms with van der Waals surface area (Å²) in [5.41, 5.74) is 3.57. The second-order valence-electron chi connectivity index (χ2n) is 5.09. The van der Waals surface area contributed by atoms with Crippen molar-refractivity contribution < 1.29 is 24.1 Å². The van der Waals surface area contributed by atoms with Gasteiger partial charge in [0.1, 0.15) is 11.3 Å². The molecule has 0 aliphatic heterocycles. The van der Waals surface area contributed by atoms with E-state index < -0.39 is 5.97 Å². The first-order valence-corrected chi connectivity index (χ1v) is 8.14. The number of carboxylic acids is 1. The van der Waals surface area contributed by atoms with Crippen molar-refractivity contribution in [2.45, 2.75) is 0 Å². The molecule has 0 aromatic heterocycles. The molecule has 8 nitrogen and oxygen atoms in total. The molecule has 2 rings (SSSR count). The molecule has 3 N–H and O–H groups in total. The topological polar surface area (TPSA) is 101 Å². The van der Waals surface area contributed by atoms with Crippen LogP contribution >= 0.6 is 12.2 Å². The minimum Gasteiger partial charge on any atom is -0.495 e. The van der Waals surface area contributed by atoms with E-state index in [1.165, 1.54) is 20.4 Å². The number of rotatable bonds is 7. The number of ether oxygens (including phenoxy) is 3. The molecule has 0 amide bonds. The predicted octanol–water partition coefficient (Wildman–Crippen LogP) is 2.73. The number of thiocarbonyl (C=S) groups is 1. The lowest BCUT2D eigenvalue weighted by molar-refractivity contribution is 0.0692. The summed E-state index contributed by atoms with van der Waals surface area (Å²) in [5.74, 6) is -0.113. The second kappa shape index (κ2) is 9.39. The Morgan fingerprint density at radius 1 is 1.07 bits per heavy atom. The van der Waals surface area contributed by atoms with Crippen molar-refractivity contribution in [3.8, 4) is 17.2 Å². The van der Waals surface area contributed by atoms with Crippen LogP contribution in [-0.2, 0) is 0 Å². The molecule has 0 bridgehead atoms. The van der Waals surface area contributed by atoms with Crippen LogP contribution in [0.1, 0.15) is 15.9 Å². The Hall–Kier alpha value is -3.33. The van der Waals surface area contributed by atoms with E-state index in [0.717, 1.165) is 0 Å². The number of hydrazone groups is 1. The summed E-state index contributed by atoms with van der Waals surface area (Å²) < 4.78 is 15.5. The smallest absolute Gasteiger partial charge is 0.340 e. The van der Waals surface area contributed by atoms with E-state index in [0.29, 0.717) is 22.7 Å². The van der Waals surface area contributed by atoms with E-state index in [2.05, 4.69) is 15.8 Å². The standard InChI is InChI=1S/C18H19N3O5S/c1-24-13-7-5-4-6-12(13)20-18(27)21-19-10-11-8-9-14(25-2)16(26-3)15(11)17(22)23/h4-10H,1-3H3,(H,22,23)(H2,20,21,27)/b19-10-. The minimum atomic E-state index is -1.16. The summed E-state index contributed by atoms with van der Waals surface area (Å²) >= 11 is 5.18. The first kappa shape index (κ1) is 20.0. The molecule has 0 unspecified atom stereocenters. The first-order valence-electron chi connectivity index (χ1n) is 7.73. The van der Waals surface area contributed by atoms with Gasteiger partial charge in [0.15, 0.2) is 16.6 Å². The van der Waals surface area contributed by atoms with Crippen LogP contribution in [-0.4, -0.2) is 43.7 Å². The highest BCUT2D eigenvalue weighted by Crippen LogP contribution is 2.32. The van der Waals surface area contributed by atoms with Gasteiger partial charge in [-0.15, -0.1) is 0 Å². The molecule has 2 aromatic carbocycles. The molecule has 0 fully saturated rings. The van der Waals surface area contributed by atoms with Gasteiger partial charge in [-0.1, -0.05) is 12.1 Å². The average molecular weight is 389 g/mol. The number of nitrogens with zero attached hydrogens (tertiary/aromatic N) is 1. The summed E-state index contributed by atoms with van der Waals surface area (Å²) in [4.78, 5) is 11.6. The van der Waals surface area contributed by atoms with E-state index in [4.69, 9.17) is 26.4 Å². The molecule has 0 saturated heterocycles. The number of hydrogen-bond donors (Lipinski definition) is 3. The summed E-state index contributed by atoms with van der Waals surface area (Å²) in [5, 5.41) is 16.6. The van der Waals surface area contributed by atoms with E-state index in [9.17, 15) is 9.90 Å². The monoisotopic (exact) mass is 389 g/mol. The second-order valence-corrected chi connectivity index (χ2v) is 5.50. The maximum absolute atomic E-state index is 11.6. The van der Waals surface area contributed by atoms with Gasteiger partial charge < -0.3 is 24.6 Å². The van der Waals surface area contributed by atoms with Crippen LogP contribution in [0.2, 0.25) is 0 Å². The Bertz CT molecular complexity index is 870. The zero-order valence-electron chi connectivity index (χ0n) is 15.0. The number of anilines is 1. The molecular weight excluding hydrogens is 370 g/mol. The molecule has 27 heavy (non-hydrogen) atoms. The third-order valence-electron chi connectivity index (χ3n) is 3.52. The Kier molecular flexibility index (Phi) is 6.95. The summed E-state index contributed by atoms with van der Waals surface area (Å²) in [6, 6.07) is 10.4. The van der Waals surface area contributed by atoms with Crippen LogP contribution in [0.5, 0.6) is 17.2 Å². The van der Waals surface area contributed by atoms with Gasteiger partial charge in [0.05, 0.1) is 33.2 Å². The molecule has 142 valence electrons. The largest absolute Gasteiger partial charge is 0.495 e. The maximum atomic E-state index is 11.6. The van der Waals surface area contributed by atoms with Crippen molar-refractivity contribution in [3.05, 3.63) is 47.5 Å². The van der Waals surface area contributed by atoms with Crippen molar-refractivity contribution in [3.63, 3.8) is 0 Å². The summed E-state index contributed by atoms with van der Waals surface area (Å²) in [6.45, 7) is 0. The highest BCUT2D eigenvalue weighted by molar-refractivity contribution is 7.80. The van der Waals surface area contributed by atoms with Crippen molar-refractivity contribution in [2.24, 2.45) is 5.10 Å². The number of nitrogens with one attached hydrogen (secondary N) is 2. The lowest BCUT2D eigenvalue weighted by Gasteiger charge is -2.12. The zero-order chi connectivity index (χ0) is 19.8. The molecule has 9 heteroatoms. The average Bonchev–Trinajstić information content (AvgIpc) is 2.67. The van der Waals surface area contributed by atoms with Crippen molar-refractivity contribution >= 4 is 35.2 Å². The number of carboxylic acid groups (broad SMARTS) is 1. The van der Waals surface area contributed by atoms with Crippen LogP contribution in [0.3, 0.4) is 0 Å². The van der Waals surface area contributed by atoms with E-state index in [1.54, 1.807) is 31.4 Å². The van der Waals surface area contributed by atoms with Gasteiger partial charge in [0, 0.05) is 5.56 Å². The fourth-order valence-electron chi connectivity index (χ4n) is 2.33. The van der Waals surface area contributed by atoms with Crippen LogP contribution in [0, 0.1) is 0 Å². The van der Waals surface area contributed by atoms with Crippen LogP contribution in [0.15, 0.2) is 41.5 Å². The third kappa shape index (κ3) is 4.85. The molecule has 0 aliphatic rings. The van der Waals surface area contributed by atoms with E-state index in [1.807, 2.05) is 12.1 Å². The number of methoxy groups -OCH3 is 3. The molecule has 0 radical (unpaired) electrons. The van der Waals surface area contributed by atoms with Gasteiger partial charge in [-0.2, -0.15) is 5.10 Å². The molecule has 0 saturated carbocycles. The normalized spacial score (nSPS) is 10.3. The molecule has 0 atom stereocenters. The summed E-state index contributed by atoms with van der Waals surface area (Å²) in [6.07, 6.45) is 1.33. The van der Waals surface area contributed by atoms with Gasteiger partial charge in [-0.3, -0.25) is 5.43 Å². The minimum absolute atomic E-state index is 0.0639. The van der Waals surface area contributed by atoms with Crippen molar-refractivity contribution in [1.29, 1.82) is 0 Å². The maximum Gasteiger partial charge on any atom is 0.340 e. The van der Waals surface area contributed by atoms with Crippen LogP contribution < -0.4 is 25.0 Å². The number of hydrogen-bond acceptors (Lipinski definition) is 6. The zero-order valence-corrected chi connectivity index (χ0v) is 15.8. The molecular formula is C18H19N3O5S. The number of aromatic carboxylic acids is 1. The van der Waals surface area contributed by atoms with Gasteiger partial charge in [-0.05, 0) is 36.5 Å². The van der Waals surface area contributed by atoms with Gasteiger partial charge in [0.2, 0.25) is 0 Å². The molecule has 2 aromatic rings. The van der Waals surface area contributed by atoms with E-state index in [-0.39, 0.29) is 16.4 Å². The Labute approximate surface area is 161 Å². The molecule has 0 aliphatic carbocycles. The Morgan fingerprint density at radius 3 is 2.41 bits per heavy atom.